The molecule has 0 heterocycles. The highest BCUT2D eigenvalue weighted by molar-refractivity contribution is 14.0. The topological polar surface area (TPSA) is 56.7 Å². The molecule has 132 valence electrons. The van der Waals surface area contributed by atoms with Crippen LogP contribution in [0.4, 0.5) is 4.39 Å². The molecular formula is C17H29FIN3O. The summed E-state index contributed by atoms with van der Waals surface area (Å²) in [5.41, 5.74) is 0.282. The van der Waals surface area contributed by atoms with E-state index in [1.54, 1.807) is 18.2 Å². The number of hydrogen-bond acceptors (Lipinski definition) is 2. The van der Waals surface area contributed by atoms with Gasteiger partial charge >= 0.3 is 0 Å². The van der Waals surface area contributed by atoms with Crippen LogP contribution in [0.3, 0.4) is 0 Å². The van der Waals surface area contributed by atoms with Crippen molar-refractivity contribution in [3.63, 3.8) is 0 Å². The van der Waals surface area contributed by atoms with Crippen LogP contribution in [0, 0.1) is 5.82 Å². The molecular weight excluding hydrogens is 408 g/mol. The molecule has 1 atom stereocenters. The normalized spacial score (nSPS) is 12.4. The van der Waals surface area contributed by atoms with Crippen molar-refractivity contribution in [3.05, 3.63) is 35.6 Å². The smallest absolute Gasteiger partial charge is 0.191 e. The van der Waals surface area contributed by atoms with Crippen molar-refractivity contribution in [2.75, 3.05) is 19.6 Å². The number of aliphatic imine (C=N–C) groups is 1. The molecule has 0 spiro atoms. The standard InChI is InChI=1S/C17H28FN3O.HI/c1-3-5-6-9-12-20-17(19-4-2)21-13-16(22)14-10-7-8-11-15(14)18;/h7-8,10-11,16,22H,3-6,9,12-13H2,1-2H3,(H2,19,20,21);1H. The zero-order chi connectivity index (χ0) is 16.2. The maximum absolute atomic E-state index is 13.6. The second-order valence-electron chi connectivity index (χ2n) is 5.24. The van der Waals surface area contributed by atoms with Gasteiger partial charge in [-0.2, -0.15) is 0 Å². The highest BCUT2D eigenvalue weighted by Crippen LogP contribution is 2.16. The lowest BCUT2D eigenvalue weighted by Crippen LogP contribution is -2.38. The maximum Gasteiger partial charge on any atom is 0.191 e. The minimum absolute atomic E-state index is 0. The van der Waals surface area contributed by atoms with E-state index in [1.807, 2.05) is 6.92 Å². The van der Waals surface area contributed by atoms with Crippen molar-refractivity contribution in [2.45, 2.75) is 45.6 Å². The molecule has 1 aromatic carbocycles. The molecule has 3 N–H and O–H groups in total. The van der Waals surface area contributed by atoms with Crippen LogP contribution in [0.2, 0.25) is 0 Å². The van der Waals surface area contributed by atoms with E-state index in [2.05, 4.69) is 22.5 Å². The summed E-state index contributed by atoms with van der Waals surface area (Å²) in [6.45, 7) is 5.90. The lowest BCUT2D eigenvalue weighted by Gasteiger charge is -2.13. The largest absolute Gasteiger partial charge is 0.386 e. The Hall–Kier alpha value is -0.890. The summed E-state index contributed by atoms with van der Waals surface area (Å²) in [6.07, 6.45) is 3.80. The van der Waals surface area contributed by atoms with Gasteiger partial charge in [0.1, 0.15) is 11.9 Å². The number of benzene rings is 1. The summed E-state index contributed by atoms with van der Waals surface area (Å²) >= 11 is 0. The van der Waals surface area contributed by atoms with Crippen molar-refractivity contribution in [2.24, 2.45) is 4.99 Å². The van der Waals surface area contributed by atoms with E-state index in [-0.39, 0.29) is 36.1 Å². The second kappa shape index (κ2) is 13.5. The predicted molar refractivity (Wildman–Crippen MR) is 105 cm³/mol. The van der Waals surface area contributed by atoms with Gasteiger partial charge in [-0.25, -0.2) is 4.39 Å². The van der Waals surface area contributed by atoms with Crippen LogP contribution in [0.25, 0.3) is 0 Å². The van der Waals surface area contributed by atoms with E-state index < -0.39 is 11.9 Å². The van der Waals surface area contributed by atoms with Crippen molar-refractivity contribution >= 4 is 29.9 Å². The average Bonchev–Trinajstić information content (AvgIpc) is 2.52. The van der Waals surface area contributed by atoms with Crippen molar-refractivity contribution in [1.82, 2.24) is 10.6 Å². The Labute approximate surface area is 156 Å². The number of hydrogen-bond donors (Lipinski definition) is 3. The van der Waals surface area contributed by atoms with Gasteiger partial charge in [-0.1, -0.05) is 44.4 Å². The van der Waals surface area contributed by atoms with E-state index >= 15 is 0 Å². The number of nitrogens with one attached hydrogen (secondary N) is 2. The molecule has 0 aliphatic carbocycles. The number of aliphatic hydroxyl groups excluding tert-OH is 1. The Bertz CT molecular complexity index is 457. The first-order valence-corrected chi connectivity index (χ1v) is 8.13. The zero-order valence-electron chi connectivity index (χ0n) is 14.0. The van der Waals surface area contributed by atoms with Crippen molar-refractivity contribution < 1.29 is 9.50 Å². The SMILES string of the molecule is CCCCCCNC(=NCC(O)c1ccccc1F)NCC.I. The average molecular weight is 437 g/mol. The Balaban J connectivity index is 0.00000484. The fourth-order valence-corrected chi connectivity index (χ4v) is 2.12. The highest BCUT2D eigenvalue weighted by atomic mass is 127. The fraction of sp³-hybridized carbons (Fsp3) is 0.588. The molecule has 1 rings (SSSR count). The van der Waals surface area contributed by atoms with Crippen LogP contribution in [0.1, 0.15) is 51.2 Å². The second-order valence-corrected chi connectivity index (χ2v) is 5.24. The quantitative estimate of drug-likeness (QED) is 0.240. The summed E-state index contributed by atoms with van der Waals surface area (Å²) in [7, 11) is 0. The number of rotatable bonds is 9. The molecule has 0 aliphatic rings. The minimum atomic E-state index is -0.934. The van der Waals surface area contributed by atoms with Crippen LogP contribution in [0.15, 0.2) is 29.3 Å². The number of unbranched alkanes of at least 4 members (excludes halogenated alkanes) is 3. The van der Waals surface area contributed by atoms with E-state index in [9.17, 15) is 9.50 Å². The fourth-order valence-electron chi connectivity index (χ4n) is 2.12. The number of aliphatic hydroxyl groups is 1. The van der Waals surface area contributed by atoms with E-state index in [1.165, 1.54) is 25.3 Å². The molecule has 6 heteroatoms. The molecule has 0 radical (unpaired) electrons. The first kappa shape index (κ1) is 22.1. The molecule has 0 saturated heterocycles. The van der Waals surface area contributed by atoms with Gasteiger partial charge in [-0.3, -0.25) is 4.99 Å². The Morgan fingerprint density at radius 1 is 1.17 bits per heavy atom. The monoisotopic (exact) mass is 437 g/mol. The molecule has 23 heavy (non-hydrogen) atoms. The lowest BCUT2D eigenvalue weighted by atomic mass is 10.1. The summed E-state index contributed by atoms with van der Waals surface area (Å²) in [6, 6.07) is 6.25. The van der Waals surface area contributed by atoms with Gasteiger partial charge in [0.25, 0.3) is 0 Å². The molecule has 4 nitrogen and oxygen atoms in total. The number of nitrogens with zero attached hydrogens (tertiary/aromatic N) is 1. The van der Waals surface area contributed by atoms with Gasteiger partial charge in [0, 0.05) is 18.7 Å². The van der Waals surface area contributed by atoms with Crippen LogP contribution in [-0.4, -0.2) is 30.7 Å². The van der Waals surface area contributed by atoms with Crippen LogP contribution >= 0.6 is 24.0 Å². The molecule has 0 amide bonds. The van der Waals surface area contributed by atoms with Crippen molar-refractivity contribution in [1.29, 1.82) is 0 Å². The first-order chi connectivity index (χ1) is 10.7. The summed E-state index contributed by atoms with van der Waals surface area (Å²) < 4.78 is 13.6. The molecule has 1 aromatic rings. The molecule has 0 bridgehead atoms. The summed E-state index contributed by atoms with van der Waals surface area (Å²) in [5.74, 6) is 0.261. The zero-order valence-corrected chi connectivity index (χ0v) is 16.3. The van der Waals surface area contributed by atoms with E-state index in [0.29, 0.717) is 5.96 Å². The lowest BCUT2D eigenvalue weighted by molar-refractivity contribution is 0.182. The minimum Gasteiger partial charge on any atom is -0.386 e. The third kappa shape index (κ3) is 9.10. The van der Waals surface area contributed by atoms with Crippen LogP contribution in [-0.2, 0) is 0 Å². The Morgan fingerprint density at radius 3 is 2.57 bits per heavy atom. The summed E-state index contributed by atoms with van der Waals surface area (Å²) in [5, 5.41) is 16.4. The summed E-state index contributed by atoms with van der Waals surface area (Å²) in [4.78, 5) is 4.33. The first-order valence-electron chi connectivity index (χ1n) is 8.13. The Morgan fingerprint density at radius 2 is 1.91 bits per heavy atom. The van der Waals surface area contributed by atoms with Gasteiger partial charge in [0.15, 0.2) is 5.96 Å². The number of halogens is 2. The molecule has 0 aromatic heterocycles. The van der Waals surface area contributed by atoms with Crippen LogP contribution in [0.5, 0.6) is 0 Å². The van der Waals surface area contributed by atoms with Crippen molar-refractivity contribution in [3.8, 4) is 0 Å². The maximum atomic E-state index is 13.6. The van der Waals surface area contributed by atoms with Gasteiger partial charge in [0.05, 0.1) is 6.54 Å². The van der Waals surface area contributed by atoms with Gasteiger partial charge < -0.3 is 15.7 Å². The third-order valence-electron chi connectivity index (χ3n) is 3.35. The van der Waals surface area contributed by atoms with Gasteiger partial charge in [-0.15, -0.1) is 24.0 Å². The highest BCUT2D eigenvalue weighted by Gasteiger charge is 2.11. The predicted octanol–water partition coefficient (Wildman–Crippen LogP) is 3.61. The van der Waals surface area contributed by atoms with Gasteiger partial charge in [0.2, 0.25) is 0 Å². The third-order valence-corrected chi connectivity index (χ3v) is 3.35. The van der Waals surface area contributed by atoms with Gasteiger partial charge in [-0.05, 0) is 19.4 Å². The van der Waals surface area contributed by atoms with E-state index in [4.69, 9.17) is 0 Å². The Kier molecular flexibility index (Phi) is 13.0. The number of guanidine groups is 1. The molecule has 0 saturated carbocycles. The molecule has 0 fully saturated rings. The molecule has 1 unspecified atom stereocenters. The van der Waals surface area contributed by atoms with Crippen LogP contribution < -0.4 is 10.6 Å². The van der Waals surface area contributed by atoms with E-state index in [0.717, 1.165) is 19.5 Å². The molecule has 0 aliphatic heterocycles.